The molecule has 1 aliphatic rings. The normalized spacial score (nSPS) is 13.6. The van der Waals surface area contributed by atoms with Gasteiger partial charge in [-0.3, -0.25) is 9.20 Å². The average Bonchev–Trinajstić information content (AvgIpc) is 3.43. The second kappa shape index (κ2) is 11.0. The van der Waals surface area contributed by atoms with Crippen molar-refractivity contribution in [3.05, 3.63) is 111 Å². The van der Waals surface area contributed by atoms with Crippen LogP contribution in [0, 0.1) is 5.82 Å². The van der Waals surface area contributed by atoms with E-state index in [0.29, 0.717) is 41.3 Å². The smallest absolute Gasteiger partial charge is 0.301 e. The lowest BCUT2D eigenvalue weighted by Crippen LogP contribution is -2.36. The van der Waals surface area contributed by atoms with Crippen molar-refractivity contribution in [3.63, 3.8) is 0 Å². The van der Waals surface area contributed by atoms with E-state index < -0.39 is 0 Å². The van der Waals surface area contributed by atoms with Crippen molar-refractivity contribution in [2.45, 2.75) is 13.0 Å². The molecular weight excluding hydrogens is 565 g/mol. The lowest BCUT2D eigenvalue weighted by atomic mass is 10.1. The number of hydrogen-bond acceptors (Lipinski definition) is 6. The van der Waals surface area contributed by atoms with Crippen molar-refractivity contribution in [3.8, 4) is 17.3 Å². The van der Waals surface area contributed by atoms with Crippen molar-refractivity contribution < 1.29 is 13.9 Å². The van der Waals surface area contributed by atoms with E-state index in [-0.39, 0.29) is 23.7 Å². The molecule has 1 fully saturated rings. The van der Waals surface area contributed by atoms with Gasteiger partial charge in [0.25, 0.3) is 0 Å². The van der Waals surface area contributed by atoms with E-state index in [1.807, 2.05) is 36.4 Å². The van der Waals surface area contributed by atoms with E-state index in [1.165, 1.54) is 16.5 Å². The standard InChI is InChI=1S/C29H25BrFN5O3/c30-24-15-23(35-10-12-38-13-11-35)17-36-28(24)34-25(26(29(36)37)39-18-20-4-2-1-3-5-20)27-32-16-22(33-27)14-19-6-8-21(31)9-7-19/h1-9,15-17H,10-14,18H2,(H,32,33). The van der Waals surface area contributed by atoms with E-state index >= 15 is 0 Å². The van der Waals surface area contributed by atoms with Gasteiger partial charge in [0.1, 0.15) is 12.4 Å². The van der Waals surface area contributed by atoms with Crippen molar-refractivity contribution in [1.29, 1.82) is 0 Å². The monoisotopic (exact) mass is 589 g/mol. The summed E-state index contributed by atoms with van der Waals surface area (Å²) in [7, 11) is 0. The number of hydrogen-bond donors (Lipinski definition) is 1. The van der Waals surface area contributed by atoms with Gasteiger partial charge in [0.05, 0.1) is 23.4 Å². The maximum atomic E-state index is 13.9. The molecule has 6 rings (SSSR count). The Morgan fingerprint density at radius 2 is 1.82 bits per heavy atom. The molecule has 10 heteroatoms. The van der Waals surface area contributed by atoms with E-state index in [4.69, 9.17) is 14.5 Å². The van der Waals surface area contributed by atoms with Gasteiger partial charge in [-0.1, -0.05) is 42.5 Å². The number of fused-ring (bicyclic) bond motifs is 1. The molecule has 3 aromatic heterocycles. The number of aromatic amines is 1. The molecule has 1 aliphatic heterocycles. The largest absolute Gasteiger partial charge is 0.481 e. The van der Waals surface area contributed by atoms with Gasteiger partial charge in [-0.25, -0.2) is 14.4 Å². The number of nitrogens with one attached hydrogen (secondary N) is 1. The van der Waals surface area contributed by atoms with E-state index in [0.717, 1.165) is 35.6 Å². The minimum Gasteiger partial charge on any atom is -0.481 e. The first-order chi connectivity index (χ1) is 19.0. The highest BCUT2D eigenvalue weighted by molar-refractivity contribution is 9.10. The lowest BCUT2D eigenvalue weighted by Gasteiger charge is -2.29. The SMILES string of the molecule is O=c1c(OCc2ccccc2)c(-c2ncc(Cc3ccc(F)cc3)[nH]2)nc2c(Br)cc(N3CCOCC3)cn12. The highest BCUT2D eigenvalue weighted by atomic mass is 79.9. The van der Waals surface area contributed by atoms with Crippen LogP contribution < -0.4 is 15.2 Å². The van der Waals surface area contributed by atoms with Crippen LogP contribution in [0.3, 0.4) is 0 Å². The van der Waals surface area contributed by atoms with Gasteiger partial charge < -0.3 is 19.4 Å². The van der Waals surface area contributed by atoms with Crippen molar-refractivity contribution in [2.75, 3.05) is 31.2 Å². The maximum absolute atomic E-state index is 13.9. The quantitative estimate of drug-likeness (QED) is 0.288. The van der Waals surface area contributed by atoms with Gasteiger partial charge in [0.15, 0.2) is 17.2 Å². The molecule has 8 nitrogen and oxygen atoms in total. The molecule has 39 heavy (non-hydrogen) atoms. The number of halogens is 2. The van der Waals surface area contributed by atoms with Crippen molar-refractivity contribution in [2.24, 2.45) is 0 Å². The van der Waals surface area contributed by atoms with Gasteiger partial charge in [-0.2, -0.15) is 0 Å². The molecule has 0 atom stereocenters. The van der Waals surface area contributed by atoms with Gasteiger partial charge in [0.2, 0.25) is 5.75 Å². The Morgan fingerprint density at radius 3 is 2.59 bits per heavy atom. The predicted molar refractivity (Wildman–Crippen MR) is 150 cm³/mol. The summed E-state index contributed by atoms with van der Waals surface area (Å²) in [5.41, 5.74) is 3.98. The number of ether oxygens (including phenoxy) is 2. The molecule has 2 aromatic carbocycles. The molecular formula is C29H25BrFN5O3. The molecule has 0 spiro atoms. The maximum Gasteiger partial charge on any atom is 0.301 e. The van der Waals surface area contributed by atoms with Gasteiger partial charge in [-0.05, 0) is 45.3 Å². The Hall–Kier alpha value is -4.02. The molecule has 5 aromatic rings. The lowest BCUT2D eigenvalue weighted by molar-refractivity contribution is 0.122. The van der Waals surface area contributed by atoms with Crippen molar-refractivity contribution in [1.82, 2.24) is 19.4 Å². The molecule has 198 valence electrons. The molecule has 0 unspecified atom stereocenters. The van der Waals surface area contributed by atoms with Crippen LogP contribution in [-0.4, -0.2) is 45.7 Å². The van der Waals surface area contributed by atoms with Crippen LogP contribution in [0.25, 0.3) is 17.2 Å². The second-order valence-corrected chi connectivity index (χ2v) is 10.1. The third-order valence-electron chi connectivity index (χ3n) is 6.59. The Labute approximate surface area is 232 Å². The number of anilines is 1. The molecule has 0 amide bonds. The summed E-state index contributed by atoms with van der Waals surface area (Å²) in [6.07, 6.45) is 4.01. The number of pyridine rings is 1. The summed E-state index contributed by atoms with van der Waals surface area (Å²) < 4.78 is 27.1. The molecule has 0 bridgehead atoms. The van der Waals surface area contributed by atoms with Crippen LogP contribution in [0.1, 0.15) is 16.8 Å². The number of H-pyrrole nitrogens is 1. The van der Waals surface area contributed by atoms with Crippen LogP contribution in [-0.2, 0) is 17.8 Å². The average molecular weight is 590 g/mol. The second-order valence-electron chi connectivity index (χ2n) is 9.27. The van der Waals surface area contributed by atoms with Crippen LogP contribution in [0.5, 0.6) is 5.75 Å². The molecule has 0 aliphatic carbocycles. The number of nitrogens with zero attached hydrogens (tertiary/aromatic N) is 4. The summed E-state index contributed by atoms with van der Waals surface area (Å²) >= 11 is 3.63. The van der Waals surface area contributed by atoms with Crippen molar-refractivity contribution >= 4 is 27.3 Å². The molecule has 1 saturated heterocycles. The zero-order valence-corrected chi connectivity index (χ0v) is 22.5. The highest BCUT2D eigenvalue weighted by Gasteiger charge is 2.22. The first-order valence-electron chi connectivity index (χ1n) is 12.6. The summed E-state index contributed by atoms with van der Waals surface area (Å²) in [6.45, 7) is 2.93. The number of benzene rings is 2. The van der Waals surface area contributed by atoms with Gasteiger partial charge >= 0.3 is 5.56 Å². The van der Waals surface area contributed by atoms with Crippen LogP contribution in [0.15, 0.2) is 82.3 Å². The fourth-order valence-corrected chi connectivity index (χ4v) is 5.09. The number of rotatable bonds is 7. The molecule has 0 radical (unpaired) electrons. The molecule has 1 N–H and O–H groups in total. The number of aromatic nitrogens is 4. The first kappa shape index (κ1) is 25.3. The van der Waals surface area contributed by atoms with E-state index in [2.05, 4.69) is 30.8 Å². The Bertz CT molecular complexity index is 1660. The van der Waals surface area contributed by atoms with Gasteiger partial charge in [0, 0.05) is 37.6 Å². The third kappa shape index (κ3) is 5.43. The van der Waals surface area contributed by atoms with Crippen LogP contribution >= 0.6 is 15.9 Å². The van der Waals surface area contributed by atoms with Crippen LogP contribution in [0.4, 0.5) is 10.1 Å². The zero-order chi connectivity index (χ0) is 26.8. The fourth-order valence-electron chi connectivity index (χ4n) is 4.58. The minimum atomic E-state index is -0.335. The summed E-state index contributed by atoms with van der Waals surface area (Å²) in [5.74, 6) is 0.233. The van der Waals surface area contributed by atoms with E-state index in [1.54, 1.807) is 24.5 Å². The fraction of sp³-hybridized carbons (Fsp3) is 0.207. The minimum absolute atomic E-state index is 0.102. The highest BCUT2D eigenvalue weighted by Crippen LogP contribution is 2.29. The third-order valence-corrected chi connectivity index (χ3v) is 7.17. The zero-order valence-electron chi connectivity index (χ0n) is 20.9. The number of imidazole rings is 1. The van der Waals surface area contributed by atoms with Gasteiger partial charge in [-0.15, -0.1) is 0 Å². The Morgan fingerprint density at radius 1 is 1.05 bits per heavy atom. The number of morpholine rings is 1. The van der Waals surface area contributed by atoms with E-state index in [9.17, 15) is 9.18 Å². The topological polar surface area (TPSA) is 84.8 Å². The summed E-state index contributed by atoms with van der Waals surface area (Å²) in [4.78, 5) is 28.7. The molecule has 0 saturated carbocycles. The first-order valence-corrected chi connectivity index (χ1v) is 13.4. The summed E-state index contributed by atoms with van der Waals surface area (Å²) in [6, 6.07) is 17.9. The molecule has 4 heterocycles. The Balaban J connectivity index is 1.42. The van der Waals surface area contributed by atoms with Crippen LogP contribution in [0.2, 0.25) is 0 Å². The predicted octanol–water partition coefficient (Wildman–Crippen LogP) is 4.99. The summed E-state index contributed by atoms with van der Waals surface area (Å²) in [5, 5.41) is 0. The Kier molecular flexibility index (Phi) is 7.12.